The van der Waals surface area contributed by atoms with E-state index in [0.717, 1.165) is 29.5 Å². The number of carbonyl (C=O) groups is 2. The molecule has 1 saturated carbocycles. The minimum atomic E-state index is -4.50. The molecule has 3 aromatic rings. The van der Waals surface area contributed by atoms with E-state index in [2.05, 4.69) is 16.1 Å². The molecule has 1 saturated heterocycles. The Kier molecular flexibility index (Phi) is 5.54. The van der Waals surface area contributed by atoms with Crippen LogP contribution in [0.4, 0.5) is 23.2 Å². The van der Waals surface area contributed by atoms with Crippen molar-refractivity contribution in [1.82, 2.24) is 15.1 Å². The van der Waals surface area contributed by atoms with Crippen LogP contribution < -0.4 is 4.90 Å². The fraction of sp³-hybridized carbons (Fsp3) is 0.280. The highest BCUT2D eigenvalue weighted by Gasteiger charge is 2.61. The van der Waals surface area contributed by atoms with Gasteiger partial charge in [0.05, 0.1) is 11.3 Å². The number of anilines is 1. The van der Waals surface area contributed by atoms with E-state index in [1.165, 1.54) is 29.2 Å². The topological polar surface area (TPSA) is 79.5 Å². The summed E-state index contributed by atoms with van der Waals surface area (Å²) in [5.41, 5.74) is -1.55. The van der Waals surface area contributed by atoms with Gasteiger partial charge in [-0.3, -0.25) is 14.5 Å². The summed E-state index contributed by atoms with van der Waals surface area (Å²) in [6.07, 6.45) is 2.25. The van der Waals surface area contributed by atoms with Crippen molar-refractivity contribution in [1.29, 1.82) is 0 Å². The normalized spacial score (nSPS) is 22.0. The first-order valence-electron chi connectivity index (χ1n) is 10.9. The lowest BCUT2D eigenvalue weighted by molar-refractivity contribution is -0.160. The quantitative estimate of drug-likeness (QED) is 0.403. The molecule has 2 fully saturated rings. The van der Waals surface area contributed by atoms with Crippen LogP contribution in [0, 0.1) is 18.2 Å². The van der Waals surface area contributed by atoms with E-state index >= 15 is 0 Å². The number of hydrogen-bond acceptors (Lipinski definition) is 5. The number of amides is 2. The molecular weight excluding hydrogens is 480 g/mol. The second kappa shape index (κ2) is 8.48. The number of rotatable bonds is 4. The predicted molar refractivity (Wildman–Crippen MR) is 118 cm³/mol. The maximum atomic E-state index is 14.8. The first-order chi connectivity index (χ1) is 17.1. The third-order valence-corrected chi connectivity index (χ3v) is 6.68. The zero-order chi connectivity index (χ0) is 25.7. The van der Waals surface area contributed by atoms with Gasteiger partial charge in [0, 0.05) is 18.0 Å². The first-order valence-corrected chi connectivity index (χ1v) is 10.9. The third-order valence-electron chi connectivity index (χ3n) is 6.68. The molecule has 0 unspecified atom stereocenters. The Balaban J connectivity index is 1.48. The predicted octanol–water partition coefficient (Wildman–Crippen LogP) is 3.90. The van der Waals surface area contributed by atoms with Crippen LogP contribution in [0.5, 0.6) is 0 Å². The number of aromatic nitrogens is 2. The SMILES string of the molecule is C#Cc1ccc(N2CC(=O)N(Cc3ccc(C(F)(F)F)cc3)C3(CC(c4nnco4)C3)C2=O)c(F)c1. The van der Waals surface area contributed by atoms with Crippen LogP contribution in [-0.2, 0) is 22.3 Å². The molecule has 1 spiro atoms. The zero-order valence-corrected chi connectivity index (χ0v) is 18.6. The summed E-state index contributed by atoms with van der Waals surface area (Å²) in [6.45, 7) is -0.523. The second-order valence-corrected chi connectivity index (χ2v) is 8.79. The summed E-state index contributed by atoms with van der Waals surface area (Å²) < 4.78 is 59.0. The van der Waals surface area contributed by atoms with Crippen molar-refractivity contribution in [3.05, 3.63) is 77.3 Å². The lowest BCUT2D eigenvalue weighted by Gasteiger charge is -2.56. The molecule has 0 atom stereocenters. The van der Waals surface area contributed by atoms with Crippen LogP contribution in [0.15, 0.2) is 53.3 Å². The lowest BCUT2D eigenvalue weighted by atomic mass is 9.65. The van der Waals surface area contributed by atoms with E-state index in [-0.39, 0.29) is 36.6 Å². The number of halogens is 4. The largest absolute Gasteiger partial charge is 0.428 e. The van der Waals surface area contributed by atoms with Gasteiger partial charge in [0.25, 0.3) is 5.91 Å². The van der Waals surface area contributed by atoms with Crippen LogP contribution >= 0.6 is 0 Å². The van der Waals surface area contributed by atoms with Crippen LogP contribution in [0.1, 0.15) is 41.3 Å². The Labute approximate surface area is 202 Å². The van der Waals surface area contributed by atoms with Gasteiger partial charge in [-0.1, -0.05) is 18.1 Å². The van der Waals surface area contributed by atoms with Crippen molar-refractivity contribution in [2.45, 2.75) is 37.0 Å². The van der Waals surface area contributed by atoms with E-state index < -0.39 is 41.5 Å². The number of hydrogen-bond donors (Lipinski definition) is 0. The summed E-state index contributed by atoms with van der Waals surface area (Å²) in [5.74, 6) is 0.583. The molecule has 2 aromatic carbocycles. The summed E-state index contributed by atoms with van der Waals surface area (Å²) in [5, 5.41) is 7.53. The Morgan fingerprint density at radius 1 is 1.14 bits per heavy atom. The molecule has 0 bridgehead atoms. The average molecular weight is 498 g/mol. The minimum Gasteiger partial charge on any atom is -0.428 e. The Bertz CT molecular complexity index is 1360. The maximum Gasteiger partial charge on any atom is 0.416 e. The second-order valence-electron chi connectivity index (χ2n) is 8.79. The van der Waals surface area contributed by atoms with Crippen LogP contribution in [0.3, 0.4) is 0 Å². The molecule has 2 heterocycles. The molecule has 1 aliphatic heterocycles. The first kappa shape index (κ1) is 23.5. The number of alkyl halides is 3. The number of terminal acetylenes is 1. The maximum absolute atomic E-state index is 14.8. The van der Waals surface area contributed by atoms with Gasteiger partial charge in [-0.25, -0.2) is 4.39 Å². The highest BCUT2D eigenvalue weighted by Crippen LogP contribution is 2.51. The molecule has 0 N–H and O–H groups in total. The molecule has 2 amide bonds. The van der Waals surface area contributed by atoms with Crippen LogP contribution in [-0.4, -0.2) is 39.0 Å². The van der Waals surface area contributed by atoms with Gasteiger partial charge in [-0.05, 0) is 48.7 Å². The summed E-state index contributed by atoms with van der Waals surface area (Å²) in [4.78, 5) is 29.6. The van der Waals surface area contributed by atoms with E-state index in [9.17, 15) is 27.2 Å². The third kappa shape index (κ3) is 3.88. The number of piperazine rings is 1. The van der Waals surface area contributed by atoms with Crippen molar-refractivity contribution in [3.63, 3.8) is 0 Å². The van der Waals surface area contributed by atoms with Crippen molar-refractivity contribution in [3.8, 4) is 12.3 Å². The fourth-order valence-electron chi connectivity index (χ4n) is 4.81. The molecular formula is C25H18F4N4O3. The molecule has 11 heteroatoms. The molecule has 0 radical (unpaired) electrons. The standard InChI is InChI=1S/C25H18F4N4O3/c1-2-15-5-8-20(19(26)9-15)32-13-21(34)33(12-16-3-6-18(7-4-16)25(27,28)29)24(23(32)35)10-17(11-24)22-31-30-14-36-22/h1,3-9,14,17H,10-13H2. The highest BCUT2D eigenvalue weighted by molar-refractivity contribution is 6.10. The van der Waals surface area contributed by atoms with Crippen LogP contribution in [0.2, 0.25) is 0 Å². The number of carbonyl (C=O) groups excluding carboxylic acids is 2. The molecule has 7 nitrogen and oxygen atoms in total. The lowest BCUT2D eigenvalue weighted by Crippen LogP contribution is -2.72. The fourth-order valence-corrected chi connectivity index (χ4v) is 4.81. The highest BCUT2D eigenvalue weighted by atomic mass is 19.4. The van der Waals surface area contributed by atoms with Crippen molar-refractivity contribution in [2.75, 3.05) is 11.4 Å². The van der Waals surface area contributed by atoms with Gasteiger partial charge in [0.1, 0.15) is 17.9 Å². The van der Waals surface area contributed by atoms with Gasteiger partial charge >= 0.3 is 6.18 Å². The summed E-state index contributed by atoms with van der Waals surface area (Å²) in [7, 11) is 0. The number of benzene rings is 2. The van der Waals surface area contributed by atoms with Crippen molar-refractivity contribution < 1.29 is 31.6 Å². The van der Waals surface area contributed by atoms with Gasteiger partial charge in [-0.15, -0.1) is 16.6 Å². The van der Waals surface area contributed by atoms with E-state index in [4.69, 9.17) is 10.8 Å². The molecule has 184 valence electrons. The molecule has 1 aromatic heterocycles. The minimum absolute atomic E-state index is 0.0813. The van der Waals surface area contributed by atoms with E-state index in [0.29, 0.717) is 11.5 Å². The van der Waals surface area contributed by atoms with E-state index in [1.54, 1.807) is 0 Å². The number of nitrogens with zero attached hydrogens (tertiary/aromatic N) is 4. The molecule has 2 aliphatic rings. The van der Waals surface area contributed by atoms with Crippen molar-refractivity contribution in [2.24, 2.45) is 0 Å². The average Bonchev–Trinajstić information content (AvgIpc) is 3.34. The van der Waals surface area contributed by atoms with Crippen molar-refractivity contribution >= 4 is 17.5 Å². The Hall–Kier alpha value is -4.20. The molecule has 1 aliphatic carbocycles. The van der Waals surface area contributed by atoms with Gasteiger partial charge in [0.15, 0.2) is 0 Å². The zero-order valence-electron chi connectivity index (χ0n) is 18.6. The molecule has 5 rings (SSSR count). The Morgan fingerprint density at radius 3 is 2.44 bits per heavy atom. The van der Waals surface area contributed by atoms with Gasteiger partial charge < -0.3 is 9.32 Å². The monoisotopic (exact) mass is 498 g/mol. The van der Waals surface area contributed by atoms with Gasteiger partial charge in [-0.2, -0.15) is 13.2 Å². The Morgan fingerprint density at radius 2 is 1.86 bits per heavy atom. The van der Waals surface area contributed by atoms with Gasteiger partial charge in [0.2, 0.25) is 18.2 Å². The summed E-state index contributed by atoms with van der Waals surface area (Å²) >= 11 is 0. The summed E-state index contributed by atoms with van der Waals surface area (Å²) in [6, 6.07) is 8.32. The smallest absolute Gasteiger partial charge is 0.416 e. The van der Waals surface area contributed by atoms with E-state index in [1.807, 2.05) is 0 Å². The molecule has 36 heavy (non-hydrogen) atoms. The van der Waals surface area contributed by atoms with Crippen LogP contribution in [0.25, 0.3) is 0 Å².